The van der Waals surface area contributed by atoms with Crippen molar-refractivity contribution in [3.05, 3.63) is 35.2 Å². The van der Waals surface area contributed by atoms with E-state index in [1.807, 2.05) is 18.7 Å². The Kier molecular flexibility index (Phi) is 4.65. The highest BCUT2D eigenvalue weighted by molar-refractivity contribution is 8.01. The number of hydrogen-bond donors (Lipinski definition) is 1. The van der Waals surface area contributed by atoms with Crippen LogP contribution in [0, 0.1) is 6.92 Å². The fraction of sp³-hybridized carbons (Fsp3) is 0.467. The highest BCUT2D eigenvalue weighted by atomic mass is 32.2. The number of nitrogens with one attached hydrogen (secondary N) is 1. The van der Waals surface area contributed by atoms with Gasteiger partial charge in [-0.3, -0.25) is 4.79 Å². The van der Waals surface area contributed by atoms with Gasteiger partial charge < -0.3 is 9.73 Å². The third kappa shape index (κ3) is 3.89. The fourth-order valence-corrected chi connectivity index (χ4v) is 4.80. The molecule has 0 saturated heterocycles. The Morgan fingerprint density at radius 1 is 1.43 bits per heavy atom. The van der Waals surface area contributed by atoms with Crippen LogP contribution in [-0.4, -0.2) is 22.2 Å². The quantitative estimate of drug-likeness (QED) is 0.928. The normalized spacial score (nSPS) is 22.1. The van der Waals surface area contributed by atoms with Gasteiger partial charge in [0.1, 0.15) is 10.6 Å². The first-order chi connectivity index (χ1) is 10.2. The van der Waals surface area contributed by atoms with Crippen molar-refractivity contribution in [1.82, 2.24) is 10.3 Å². The lowest BCUT2D eigenvalue weighted by atomic mass is 9.95. The van der Waals surface area contributed by atoms with Crippen LogP contribution in [0.15, 0.2) is 32.7 Å². The molecule has 2 heterocycles. The van der Waals surface area contributed by atoms with E-state index in [2.05, 4.69) is 15.7 Å². The summed E-state index contributed by atoms with van der Waals surface area (Å²) < 4.78 is 6.11. The molecule has 6 heteroatoms. The maximum atomic E-state index is 12.0. The lowest BCUT2D eigenvalue weighted by molar-refractivity contribution is 0.0927. The number of thioether (sulfide) groups is 1. The number of carbonyl (C=O) groups excluding carboxylic acids is 1. The standard InChI is InChI=1S/C15H18N2O2S2/c1-10-9-20-15(16-10)21-13-4-2-12(3-5-13)17-14(18)11-6-7-19-8-11/h6-9,12-13H,2-5H2,1H3,(H,17,18). The first-order valence-electron chi connectivity index (χ1n) is 7.12. The molecular weight excluding hydrogens is 304 g/mol. The van der Waals surface area contributed by atoms with E-state index in [1.54, 1.807) is 17.4 Å². The van der Waals surface area contributed by atoms with Crippen molar-refractivity contribution in [3.63, 3.8) is 0 Å². The minimum atomic E-state index is -0.0320. The zero-order valence-electron chi connectivity index (χ0n) is 11.9. The van der Waals surface area contributed by atoms with Crippen molar-refractivity contribution in [2.24, 2.45) is 0 Å². The molecule has 0 unspecified atom stereocenters. The van der Waals surface area contributed by atoms with E-state index in [4.69, 9.17) is 4.42 Å². The molecule has 0 aliphatic heterocycles. The molecule has 1 N–H and O–H groups in total. The van der Waals surface area contributed by atoms with Gasteiger partial charge in [0.05, 0.1) is 11.8 Å². The van der Waals surface area contributed by atoms with Crippen molar-refractivity contribution in [2.75, 3.05) is 0 Å². The van der Waals surface area contributed by atoms with Crippen LogP contribution < -0.4 is 5.32 Å². The average molecular weight is 322 g/mol. The number of furan rings is 1. The number of aromatic nitrogens is 1. The summed E-state index contributed by atoms with van der Waals surface area (Å²) in [4.78, 5) is 16.5. The minimum absolute atomic E-state index is 0.0320. The average Bonchev–Trinajstić information content (AvgIpc) is 3.13. The van der Waals surface area contributed by atoms with Gasteiger partial charge >= 0.3 is 0 Å². The van der Waals surface area contributed by atoms with Gasteiger partial charge in [0.2, 0.25) is 0 Å². The summed E-state index contributed by atoms with van der Waals surface area (Å²) in [5, 5.41) is 5.81. The monoisotopic (exact) mass is 322 g/mol. The van der Waals surface area contributed by atoms with E-state index in [0.29, 0.717) is 10.8 Å². The topological polar surface area (TPSA) is 55.1 Å². The van der Waals surface area contributed by atoms with Crippen LogP contribution >= 0.6 is 23.1 Å². The molecule has 0 atom stereocenters. The van der Waals surface area contributed by atoms with E-state index in [-0.39, 0.29) is 11.9 Å². The molecular formula is C15H18N2O2S2. The Labute approximate surface area is 132 Å². The summed E-state index contributed by atoms with van der Waals surface area (Å²) >= 11 is 3.61. The van der Waals surface area contributed by atoms with Crippen LogP contribution in [0.5, 0.6) is 0 Å². The molecule has 2 aromatic heterocycles. The zero-order valence-corrected chi connectivity index (χ0v) is 13.5. The van der Waals surface area contributed by atoms with E-state index in [0.717, 1.165) is 31.4 Å². The van der Waals surface area contributed by atoms with E-state index < -0.39 is 0 Å². The number of aryl methyl sites for hydroxylation is 1. The molecule has 0 aromatic carbocycles. The lowest BCUT2D eigenvalue weighted by Crippen LogP contribution is -2.37. The van der Waals surface area contributed by atoms with Gasteiger partial charge in [0.25, 0.3) is 5.91 Å². The van der Waals surface area contributed by atoms with Crippen LogP contribution in [0.1, 0.15) is 41.7 Å². The minimum Gasteiger partial charge on any atom is -0.472 e. The Morgan fingerprint density at radius 2 is 2.24 bits per heavy atom. The molecule has 0 spiro atoms. The fourth-order valence-electron chi connectivity index (χ4n) is 2.52. The second kappa shape index (κ2) is 6.66. The third-order valence-corrected chi connectivity index (χ3v) is 6.09. The SMILES string of the molecule is Cc1csc(SC2CCC(NC(=O)c3ccoc3)CC2)n1. The Morgan fingerprint density at radius 3 is 2.86 bits per heavy atom. The summed E-state index contributed by atoms with van der Waals surface area (Å²) in [5.41, 5.74) is 1.70. The van der Waals surface area contributed by atoms with Crippen molar-refractivity contribution >= 4 is 29.0 Å². The van der Waals surface area contributed by atoms with Gasteiger partial charge in [-0.05, 0) is 38.7 Å². The van der Waals surface area contributed by atoms with Gasteiger partial charge in [-0.15, -0.1) is 11.3 Å². The van der Waals surface area contributed by atoms with Crippen molar-refractivity contribution in [2.45, 2.75) is 48.2 Å². The summed E-state index contributed by atoms with van der Waals surface area (Å²) in [5.74, 6) is -0.0320. The van der Waals surface area contributed by atoms with Gasteiger partial charge in [0.15, 0.2) is 0 Å². The largest absolute Gasteiger partial charge is 0.472 e. The smallest absolute Gasteiger partial charge is 0.254 e. The van der Waals surface area contributed by atoms with Gasteiger partial charge in [-0.25, -0.2) is 4.98 Å². The second-order valence-corrected chi connectivity index (χ2v) is 7.74. The Bertz CT molecular complexity index is 587. The molecule has 1 saturated carbocycles. The van der Waals surface area contributed by atoms with Crippen molar-refractivity contribution in [3.8, 4) is 0 Å². The maximum Gasteiger partial charge on any atom is 0.254 e. The summed E-state index contributed by atoms with van der Waals surface area (Å²) in [6, 6.07) is 1.98. The summed E-state index contributed by atoms with van der Waals surface area (Å²) in [7, 11) is 0. The van der Waals surface area contributed by atoms with E-state index >= 15 is 0 Å². The third-order valence-electron chi connectivity index (χ3n) is 3.66. The number of carbonyl (C=O) groups is 1. The van der Waals surface area contributed by atoms with Crippen LogP contribution in [0.2, 0.25) is 0 Å². The molecule has 0 bridgehead atoms. The molecule has 4 nitrogen and oxygen atoms in total. The van der Waals surface area contributed by atoms with Crippen LogP contribution in [-0.2, 0) is 0 Å². The number of amides is 1. The summed E-state index contributed by atoms with van der Waals surface area (Å²) in [6.07, 6.45) is 7.33. The Balaban J connectivity index is 1.45. The molecule has 112 valence electrons. The molecule has 1 fully saturated rings. The number of thiazole rings is 1. The number of hydrogen-bond acceptors (Lipinski definition) is 5. The zero-order chi connectivity index (χ0) is 14.7. The molecule has 0 radical (unpaired) electrons. The van der Waals surface area contributed by atoms with Gasteiger partial charge in [-0.1, -0.05) is 11.8 Å². The molecule has 21 heavy (non-hydrogen) atoms. The second-order valence-electron chi connectivity index (χ2n) is 5.33. The molecule has 1 aliphatic rings. The van der Waals surface area contributed by atoms with Gasteiger partial charge in [-0.2, -0.15) is 0 Å². The summed E-state index contributed by atoms with van der Waals surface area (Å²) in [6.45, 7) is 2.03. The van der Waals surface area contributed by atoms with Crippen molar-refractivity contribution in [1.29, 1.82) is 0 Å². The number of rotatable bonds is 4. The van der Waals surface area contributed by atoms with Crippen LogP contribution in [0.4, 0.5) is 0 Å². The highest BCUT2D eigenvalue weighted by Gasteiger charge is 2.24. The predicted octanol–water partition coefficient (Wildman–Crippen LogP) is 3.88. The highest BCUT2D eigenvalue weighted by Crippen LogP contribution is 2.35. The lowest BCUT2D eigenvalue weighted by Gasteiger charge is -2.28. The molecule has 1 amide bonds. The maximum absolute atomic E-state index is 12.0. The predicted molar refractivity (Wildman–Crippen MR) is 84.9 cm³/mol. The Hall–Kier alpha value is -1.27. The van der Waals surface area contributed by atoms with Crippen LogP contribution in [0.3, 0.4) is 0 Å². The van der Waals surface area contributed by atoms with Crippen LogP contribution in [0.25, 0.3) is 0 Å². The number of nitrogens with zero attached hydrogens (tertiary/aromatic N) is 1. The van der Waals surface area contributed by atoms with Crippen molar-refractivity contribution < 1.29 is 9.21 Å². The van der Waals surface area contributed by atoms with E-state index in [9.17, 15) is 4.79 Å². The van der Waals surface area contributed by atoms with Gasteiger partial charge in [0, 0.05) is 22.4 Å². The molecule has 3 rings (SSSR count). The van der Waals surface area contributed by atoms with E-state index in [1.165, 1.54) is 16.9 Å². The molecule has 1 aliphatic carbocycles. The molecule has 2 aromatic rings. The first-order valence-corrected chi connectivity index (χ1v) is 8.88. The first kappa shape index (κ1) is 14.7.